The Morgan fingerprint density at radius 1 is 1.11 bits per heavy atom. The van der Waals surface area contributed by atoms with E-state index in [2.05, 4.69) is 40.9 Å². The minimum absolute atomic E-state index is 0.232. The lowest BCUT2D eigenvalue weighted by Gasteiger charge is -2.13. The van der Waals surface area contributed by atoms with Gasteiger partial charge in [0, 0.05) is 30.1 Å². The van der Waals surface area contributed by atoms with Crippen molar-refractivity contribution in [1.82, 2.24) is 34.1 Å². The quantitative estimate of drug-likeness (QED) is 0.511. The summed E-state index contributed by atoms with van der Waals surface area (Å²) in [6.07, 6.45) is 8.60. The van der Waals surface area contributed by atoms with Crippen molar-refractivity contribution in [2.45, 2.75) is 46.1 Å². The number of aryl methyl sites for hydroxylation is 1. The van der Waals surface area contributed by atoms with Gasteiger partial charge in [-0.3, -0.25) is 4.40 Å². The van der Waals surface area contributed by atoms with E-state index in [0.29, 0.717) is 12.4 Å². The van der Waals surface area contributed by atoms with E-state index in [-0.39, 0.29) is 11.6 Å². The van der Waals surface area contributed by atoms with Crippen LogP contribution in [0.5, 0.6) is 0 Å². The zero-order chi connectivity index (χ0) is 19.7. The summed E-state index contributed by atoms with van der Waals surface area (Å²) in [5, 5.41) is 8.77. The third-order valence-corrected chi connectivity index (χ3v) is 4.69. The summed E-state index contributed by atoms with van der Waals surface area (Å²) in [5.74, 6) is 1.23. The SMILES string of the molecule is CCCc1c(Cn2ccnc2-c2ncccc2F)ncn2c(C(C)C)nnc12. The van der Waals surface area contributed by atoms with E-state index in [0.717, 1.165) is 35.6 Å². The predicted octanol–water partition coefficient (Wildman–Crippen LogP) is 3.65. The number of rotatable bonds is 6. The van der Waals surface area contributed by atoms with Crippen LogP contribution < -0.4 is 0 Å². The Bertz CT molecular complexity index is 1110. The number of nitrogens with zero attached hydrogens (tertiary/aromatic N) is 7. The molecule has 0 saturated heterocycles. The largest absolute Gasteiger partial charge is 0.324 e. The molecule has 4 heterocycles. The Hall–Kier alpha value is -3.16. The van der Waals surface area contributed by atoms with Gasteiger partial charge in [-0.15, -0.1) is 10.2 Å². The molecule has 0 saturated carbocycles. The molecule has 144 valence electrons. The summed E-state index contributed by atoms with van der Waals surface area (Å²) in [7, 11) is 0. The summed E-state index contributed by atoms with van der Waals surface area (Å²) in [6, 6.07) is 2.95. The number of fused-ring (bicyclic) bond motifs is 1. The predicted molar refractivity (Wildman–Crippen MR) is 103 cm³/mol. The van der Waals surface area contributed by atoms with Gasteiger partial charge >= 0.3 is 0 Å². The summed E-state index contributed by atoms with van der Waals surface area (Å²) in [4.78, 5) is 13.2. The highest BCUT2D eigenvalue weighted by Crippen LogP contribution is 2.23. The van der Waals surface area contributed by atoms with Crippen LogP contribution >= 0.6 is 0 Å². The van der Waals surface area contributed by atoms with Gasteiger partial charge in [0.2, 0.25) is 0 Å². The summed E-state index contributed by atoms with van der Waals surface area (Å²) >= 11 is 0. The smallest absolute Gasteiger partial charge is 0.167 e. The van der Waals surface area contributed by atoms with Crippen molar-refractivity contribution in [1.29, 1.82) is 0 Å². The Kier molecular flexibility index (Phi) is 4.85. The third-order valence-electron chi connectivity index (χ3n) is 4.69. The topological polar surface area (TPSA) is 73.8 Å². The fraction of sp³-hybridized carbons (Fsp3) is 0.350. The summed E-state index contributed by atoms with van der Waals surface area (Å²) in [5.41, 5.74) is 3.01. The Balaban J connectivity index is 1.78. The van der Waals surface area contributed by atoms with Gasteiger partial charge in [-0.2, -0.15) is 0 Å². The number of hydrogen-bond donors (Lipinski definition) is 0. The van der Waals surface area contributed by atoms with E-state index in [1.165, 1.54) is 6.07 Å². The second kappa shape index (κ2) is 7.46. The second-order valence-corrected chi connectivity index (χ2v) is 7.04. The first kappa shape index (κ1) is 18.2. The van der Waals surface area contributed by atoms with Crippen LogP contribution in [-0.4, -0.2) is 34.1 Å². The minimum atomic E-state index is -0.397. The molecule has 0 aliphatic heterocycles. The average molecular weight is 379 g/mol. The molecule has 0 radical (unpaired) electrons. The van der Waals surface area contributed by atoms with Crippen LogP contribution in [0.4, 0.5) is 4.39 Å². The van der Waals surface area contributed by atoms with Gasteiger partial charge < -0.3 is 4.57 Å². The molecule has 0 unspecified atom stereocenters. The van der Waals surface area contributed by atoms with E-state index in [1.54, 1.807) is 24.8 Å². The molecule has 0 spiro atoms. The fourth-order valence-corrected chi connectivity index (χ4v) is 3.36. The van der Waals surface area contributed by atoms with Gasteiger partial charge in [0.05, 0.1) is 12.2 Å². The van der Waals surface area contributed by atoms with Crippen LogP contribution in [0.2, 0.25) is 0 Å². The van der Waals surface area contributed by atoms with Crippen molar-refractivity contribution in [2.75, 3.05) is 0 Å². The highest BCUT2D eigenvalue weighted by Gasteiger charge is 2.18. The lowest BCUT2D eigenvalue weighted by Crippen LogP contribution is -2.10. The molecule has 0 bridgehead atoms. The maximum absolute atomic E-state index is 14.2. The van der Waals surface area contributed by atoms with Gasteiger partial charge in [-0.25, -0.2) is 19.3 Å². The molecule has 28 heavy (non-hydrogen) atoms. The Morgan fingerprint density at radius 2 is 1.96 bits per heavy atom. The normalized spacial score (nSPS) is 11.6. The molecule has 4 aromatic heterocycles. The molecular weight excluding hydrogens is 357 g/mol. The standard InChI is InChI=1S/C20H22FN7/c1-4-6-14-16(24-12-28-18(13(2)3)25-26-19(14)28)11-27-10-9-23-20(27)17-15(21)7-5-8-22-17/h5,7-10,12-13H,4,6,11H2,1-3H3. The maximum atomic E-state index is 14.2. The monoisotopic (exact) mass is 379 g/mol. The Labute approximate surface area is 162 Å². The van der Waals surface area contributed by atoms with Gasteiger partial charge in [-0.1, -0.05) is 27.2 Å². The average Bonchev–Trinajstić information content (AvgIpc) is 3.31. The van der Waals surface area contributed by atoms with E-state index >= 15 is 0 Å². The van der Waals surface area contributed by atoms with E-state index in [9.17, 15) is 4.39 Å². The fourth-order valence-electron chi connectivity index (χ4n) is 3.36. The molecule has 8 heteroatoms. The van der Waals surface area contributed by atoms with Crippen molar-refractivity contribution in [3.8, 4) is 11.5 Å². The van der Waals surface area contributed by atoms with E-state index < -0.39 is 5.82 Å². The van der Waals surface area contributed by atoms with Crippen molar-refractivity contribution >= 4 is 5.65 Å². The highest BCUT2D eigenvalue weighted by atomic mass is 19.1. The van der Waals surface area contributed by atoms with Crippen molar-refractivity contribution < 1.29 is 4.39 Å². The highest BCUT2D eigenvalue weighted by molar-refractivity contribution is 5.52. The molecule has 0 aromatic carbocycles. The van der Waals surface area contributed by atoms with Crippen LogP contribution in [0.15, 0.2) is 37.1 Å². The summed E-state index contributed by atoms with van der Waals surface area (Å²) < 4.78 is 18.0. The maximum Gasteiger partial charge on any atom is 0.167 e. The van der Waals surface area contributed by atoms with Crippen molar-refractivity contribution in [2.24, 2.45) is 0 Å². The molecule has 0 atom stereocenters. The first-order chi connectivity index (χ1) is 13.6. The zero-order valence-corrected chi connectivity index (χ0v) is 16.2. The first-order valence-corrected chi connectivity index (χ1v) is 9.43. The van der Waals surface area contributed by atoms with Gasteiger partial charge in [0.1, 0.15) is 17.8 Å². The molecule has 4 aromatic rings. The van der Waals surface area contributed by atoms with E-state index in [1.807, 2.05) is 15.2 Å². The van der Waals surface area contributed by atoms with Crippen LogP contribution in [0.3, 0.4) is 0 Å². The molecule has 4 rings (SSSR count). The Morgan fingerprint density at radius 3 is 2.71 bits per heavy atom. The molecule has 7 nitrogen and oxygen atoms in total. The van der Waals surface area contributed by atoms with Crippen molar-refractivity contribution in [3.05, 3.63) is 59.9 Å². The zero-order valence-electron chi connectivity index (χ0n) is 16.2. The third kappa shape index (κ3) is 3.15. The molecule has 0 aliphatic carbocycles. The number of pyridine rings is 1. The number of hydrogen-bond acceptors (Lipinski definition) is 5. The second-order valence-electron chi connectivity index (χ2n) is 7.04. The van der Waals surface area contributed by atoms with Gasteiger partial charge in [0.25, 0.3) is 0 Å². The summed E-state index contributed by atoms with van der Waals surface area (Å²) in [6.45, 7) is 6.76. The van der Waals surface area contributed by atoms with Crippen molar-refractivity contribution in [3.63, 3.8) is 0 Å². The lowest BCUT2D eigenvalue weighted by molar-refractivity contribution is 0.621. The molecular formula is C20H22FN7. The molecule has 0 amide bonds. The lowest BCUT2D eigenvalue weighted by atomic mass is 10.1. The number of halogens is 1. The molecule has 0 aliphatic rings. The van der Waals surface area contributed by atoms with Gasteiger partial charge in [0.15, 0.2) is 17.3 Å². The number of imidazole rings is 1. The first-order valence-electron chi connectivity index (χ1n) is 9.43. The molecule has 0 N–H and O–H groups in total. The minimum Gasteiger partial charge on any atom is -0.324 e. The van der Waals surface area contributed by atoms with Crippen LogP contribution in [0, 0.1) is 5.82 Å². The van der Waals surface area contributed by atoms with Crippen LogP contribution in [0.25, 0.3) is 17.2 Å². The van der Waals surface area contributed by atoms with E-state index in [4.69, 9.17) is 4.98 Å². The number of aromatic nitrogens is 7. The molecule has 0 fully saturated rings. The van der Waals surface area contributed by atoms with Gasteiger partial charge in [-0.05, 0) is 18.6 Å². The van der Waals surface area contributed by atoms with Crippen LogP contribution in [-0.2, 0) is 13.0 Å². The van der Waals surface area contributed by atoms with Crippen LogP contribution in [0.1, 0.15) is 50.2 Å².